The second kappa shape index (κ2) is 3.38. The van der Waals surface area contributed by atoms with Crippen LogP contribution in [-0.2, 0) is 0 Å². The van der Waals surface area contributed by atoms with Crippen molar-refractivity contribution in [2.75, 3.05) is 13.1 Å². The summed E-state index contributed by atoms with van der Waals surface area (Å²) in [4.78, 5) is 0. The first-order chi connectivity index (χ1) is 4.88. The van der Waals surface area contributed by atoms with Crippen molar-refractivity contribution >= 4 is 0 Å². The van der Waals surface area contributed by atoms with Gasteiger partial charge in [0.05, 0.1) is 6.07 Å². The summed E-state index contributed by atoms with van der Waals surface area (Å²) in [6, 6.07) is 2.17. The van der Waals surface area contributed by atoms with Gasteiger partial charge in [-0.05, 0) is 24.9 Å². The van der Waals surface area contributed by atoms with Gasteiger partial charge in [0.2, 0.25) is 0 Å². The van der Waals surface area contributed by atoms with E-state index in [2.05, 4.69) is 18.0 Å². The number of nitrogens with zero attached hydrogens (tertiary/aromatic N) is 1. The minimum absolute atomic E-state index is 0.409. The number of nitrogens with one attached hydrogen (secondary N) is 1. The monoisotopic (exact) mass is 136 g/mol. The third-order valence-corrected chi connectivity index (χ3v) is 2.05. The second-order valence-corrected chi connectivity index (χ2v) is 2.68. The average Bonchev–Trinajstić information content (AvgIpc) is 1.83. The molecule has 1 heterocycles. The van der Waals surface area contributed by atoms with Crippen molar-refractivity contribution in [2.24, 2.45) is 11.8 Å². The molecule has 0 aromatic rings. The van der Waals surface area contributed by atoms with Crippen molar-refractivity contribution < 1.29 is 0 Å². The minimum atomic E-state index is 0.409. The molecule has 0 aliphatic carbocycles. The molecule has 1 unspecified atom stereocenters. The summed E-state index contributed by atoms with van der Waals surface area (Å²) in [5.41, 5.74) is 0. The predicted molar refractivity (Wildman–Crippen MR) is 40.3 cm³/mol. The van der Waals surface area contributed by atoms with Gasteiger partial charge >= 0.3 is 0 Å². The van der Waals surface area contributed by atoms with Crippen LogP contribution in [-0.4, -0.2) is 13.1 Å². The zero-order valence-corrected chi connectivity index (χ0v) is 6.01. The Kier molecular flexibility index (Phi) is 2.47. The number of hydrogen-bond acceptors (Lipinski definition) is 2. The van der Waals surface area contributed by atoms with Crippen molar-refractivity contribution in [3.8, 4) is 6.07 Å². The highest BCUT2D eigenvalue weighted by Gasteiger charge is 2.23. The fourth-order valence-electron chi connectivity index (χ4n) is 1.16. The maximum Gasteiger partial charge on any atom is 0.0628 e. The van der Waals surface area contributed by atoms with E-state index in [9.17, 15) is 0 Å². The first kappa shape index (κ1) is 7.30. The van der Waals surface area contributed by atoms with Crippen molar-refractivity contribution in [1.29, 1.82) is 5.26 Å². The highest BCUT2D eigenvalue weighted by atomic mass is 14.9. The molecule has 0 saturated carbocycles. The maximum atomic E-state index is 8.42. The molecule has 1 fully saturated rings. The van der Waals surface area contributed by atoms with Crippen molar-refractivity contribution in [3.63, 3.8) is 0 Å². The first-order valence-corrected chi connectivity index (χ1v) is 3.58. The number of rotatable bonds is 3. The summed E-state index contributed by atoms with van der Waals surface area (Å²) in [5.74, 6) is 1.07. The van der Waals surface area contributed by atoms with Crippen molar-refractivity contribution in [2.45, 2.75) is 6.42 Å². The zero-order valence-electron chi connectivity index (χ0n) is 6.01. The minimum Gasteiger partial charge on any atom is -0.316 e. The van der Waals surface area contributed by atoms with Crippen LogP contribution in [0.15, 0.2) is 12.7 Å². The molecular weight excluding hydrogens is 124 g/mol. The summed E-state index contributed by atoms with van der Waals surface area (Å²) in [7, 11) is 0. The molecule has 1 atom stereocenters. The third-order valence-electron chi connectivity index (χ3n) is 2.05. The van der Waals surface area contributed by atoms with Crippen LogP contribution in [0.1, 0.15) is 6.42 Å². The average molecular weight is 136 g/mol. The fourth-order valence-corrected chi connectivity index (χ4v) is 1.16. The highest BCUT2D eigenvalue weighted by Crippen LogP contribution is 2.19. The summed E-state index contributed by atoms with van der Waals surface area (Å²) in [5, 5.41) is 11.6. The Bertz CT molecular complexity index is 153. The molecule has 0 radical (unpaired) electrons. The summed E-state index contributed by atoms with van der Waals surface area (Å²) < 4.78 is 0. The largest absolute Gasteiger partial charge is 0.316 e. The highest BCUT2D eigenvalue weighted by molar-refractivity contribution is 4.95. The van der Waals surface area contributed by atoms with E-state index in [4.69, 9.17) is 5.26 Å². The molecule has 2 heteroatoms. The van der Waals surface area contributed by atoms with Gasteiger partial charge in [-0.25, -0.2) is 0 Å². The second-order valence-electron chi connectivity index (χ2n) is 2.68. The van der Waals surface area contributed by atoms with E-state index in [1.165, 1.54) is 0 Å². The van der Waals surface area contributed by atoms with E-state index in [1.807, 2.05) is 6.08 Å². The van der Waals surface area contributed by atoms with E-state index >= 15 is 0 Å². The van der Waals surface area contributed by atoms with Crippen LogP contribution >= 0.6 is 0 Å². The summed E-state index contributed by atoms with van der Waals surface area (Å²) in [6.45, 7) is 5.81. The summed E-state index contributed by atoms with van der Waals surface area (Å²) >= 11 is 0. The van der Waals surface area contributed by atoms with Gasteiger partial charge in [-0.2, -0.15) is 5.26 Å². The van der Waals surface area contributed by atoms with E-state index < -0.39 is 0 Å². The fraction of sp³-hybridized carbons (Fsp3) is 0.625. The van der Waals surface area contributed by atoms with Gasteiger partial charge in [-0.1, -0.05) is 6.08 Å². The van der Waals surface area contributed by atoms with Gasteiger partial charge in [0.15, 0.2) is 0 Å². The van der Waals surface area contributed by atoms with E-state index in [1.54, 1.807) is 0 Å². The number of allylic oxidation sites excluding steroid dienone is 1. The lowest BCUT2D eigenvalue weighted by atomic mass is 9.86. The molecule has 0 aromatic carbocycles. The van der Waals surface area contributed by atoms with E-state index in [0.29, 0.717) is 18.3 Å². The summed E-state index contributed by atoms with van der Waals surface area (Å²) in [6.07, 6.45) is 2.52. The molecule has 10 heavy (non-hydrogen) atoms. The molecule has 0 spiro atoms. The normalized spacial score (nSPS) is 20.7. The number of nitriles is 1. The van der Waals surface area contributed by atoms with Gasteiger partial charge in [0, 0.05) is 6.42 Å². The molecular formula is C8H12N2. The lowest BCUT2D eigenvalue weighted by molar-refractivity contribution is 0.274. The van der Waals surface area contributed by atoms with Gasteiger partial charge in [-0.3, -0.25) is 0 Å². The Morgan fingerprint density at radius 3 is 2.80 bits per heavy atom. The van der Waals surface area contributed by atoms with Crippen molar-refractivity contribution in [3.05, 3.63) is 12.7 Å². The quantitative estimate of drug-likeness (QED) is 0.586. The Hall–Kier alpha value is -0.810. The van der Waals surface area contributed by atoms with Crippen LogP contribution in [0.2, 0.25) is 0 Å². The zero-order chi connectivity index (χ0) is 7.40. The molecule has 54 valence electrons. The van der Waals surface area contributed by atoms with E-state index in [-0.39, 0.29) is 0 Å². The van der Waals surface area contributed by atoms with Crippen LogP contribution in [0.3, 0.4) is 0 Å². The SMILES string of the molecule is C=CC(CC#N)C1CNC1. The van der Waals surface area contributed by atoms with Gasteiger partial charge in [0.1, 0.15) is 0 Å². The topological polar surface area (TPSA) is 35.8 Å². The molecule has 2 nitrogen and oxygen atoms in total. The number of hydrogen-bond donors (Lipinski definition) is 1. The molecule has 1 saturated heterocycles. The third kappa shape index (κ3) is 1.37. The first-order valence-electron chi connectivity index (χ1n) is 3.58. The van der Waals surface area contributed by atoms with Crippen LogP contribution in [0, 0.1) is 23.2 Å². The maximum absolute atomic E-state index is 8.42. The molecule has 0 amide bonds. The van der Waals surface area contributed by atoms with Crippen molar-refractivity contribution in [1.82, 2.24) is 5.32 Å². The van der Waals surface area contributed by atoms with E-state index in [0.717, 1.165) is 13.1 Å². The molecule has 0 bridgehead atoms. The molecule has 0 aromatic heterocycles. The standard InChI is InChI=1S/C8H12N2/c1-2-7(3-4-9)8-5-10-6-8/h2,7-8,10H,1,3,5-6H2. The van der Waals surface area contributed by atoms with Crippen LogP contribution < -0.4 is 5.32 Å². The lowest BCUT2D eigenvalue weighted by Gasteiger charge is -2.31. The Labute approximate surface area is 61.5 Å². The molecule has 1 rings (SSSR count). The Balaban J connectivity index is 2.32. The van der Waals surface area contributed by atoms with Crippen LogP contribution in [0.25, 0.3) is 0 Å². The van der Waals surface area contributed by atoms with Crippen LogP contribution in [0.4, 0.5) is 0 Å². The lowest BCUT2D eigenvalue weighted by Crippen LogP contribution is -2.45. The van der Waals surface area contributed by atoms with Gasteiger partial charge < -0.3 is 5.32 Å². The molecule has 1 aliphatic heterocycles. The Morgan fingerprint density at radius 1 is 1.80 bits per heavy atom. The van der Waals surface area contributed by atoms with Gasteiger partial charge in [-0.15, -0.1) is 6.58 Å². The Morgan fingerprint density at radius 2 is 2.50 bits per heavy atom. The smallest absolute Gasteiger partial charge is 0.0628 e. The van der Waals surface area contributed by atoms with Crippen LogP contribution in [0.5, 0.6) is 0 Å². The molecule has 1 aliphatic rings. The molecule has 1 N–H and O–H groups in total. The predicted octanol–water partition coefficient (Wildman–Crippen LogP) is 0.922. The van der Waals surface area contributed by atoms with Gasteiger partial charge in [0.25, 0.3) is 0 Å².